The summed E-state index contributed by atoms with van der Waals surface area (Å²) in [6, 6.07) is 6.85. The van der Waals surface area contributed by atoms with Crippen LogP contribution in [0.2, 0.25) is 0 Å². The Morgan fingerprint density at radius 2 is 2.33 bits per heavy atom. The zero-order valence-electron chi connectivity index (χ0n) is 8.86. The summed E-state index contributed by atoms with van der Waals surface area (Å²) in [6.45, 7) is 0. The Balaban J connectivity index is 2.74. The number of hydrogen-bond donors (Lipinski definition) is 2. The molecule has 1 aromatic carbocycles. The second-order valence-corrected chi connectivity index (χ2v) is 3.24. The van der Waals surface area contributed by atoms with E-state index < -0.39 is 12.0 Å². The minimum absolute atomic E-state index is 0.447. The fourth-order valence-corrected chi connectivity index (χ4v) is 1.35. The highest BCUT2D eigenvalue weighted by Crippen LogP contribution is 2.13. The van der Waals surface area contributed by atoms with Crippen LogP contribution in [0, 0.1) is 0 Å². The molecule has 0 aliphatic carbocycles. The van der Waals surface area contributed by atoms with E-state index in [4.69, 9.17) is 9.84 Å². The predicted octanol–water partition coefficient (Wildman–Crippen LogP) is 0.910. The molecule has 0 aromatic heterocycles. The van der Waals surface area contributed by atoms with Gasteiger partial charge in [0.2, 0.25) is 0 Å². The van der Waals surface area contributed by atoms with Crippen LogP contribution in [-0.2, 0) is 11.2 Å². The van der Waals surface area contributed by atoms with E-state index in [2.05, 4.69) is 5.32 Å². The summed E-state index contributed by atoms with van der Waals surface area (Å²) in [4.78, 5) is 10.8. The Kier molecular flexibility index (Phi) is 4.12. The Hall–Kier alpha value is -1.55. The maximum absolute atomic E-state index is 10.8. The van der Waals surface area contributed by atoms with Gasteiger partial charge in [0.25, 0.3) is 0 Å². The topological polar surface area (TPSA) is 58.6 Å². The molecule has 0 aliphatic rings. The van der Waals surface area contributed by atoms with Gasteiger partial charge in [-0.3, -0.25) is 4.79 Å². The molecule has 0 heterocycles. The van der Waals surface area contributed by atoms with Crippen LogP contribution in [0.5, 0.6) is 5.75 Å². The van der Waals surface area contributed by atoms with E-state index >= 15 is 0 Å². The molecule has 1 rings (SSSR count). The average Bonchev–Trinajstić information content (AvgIpc) is 2.25. The number of rotatable bonds is 5. The maximum Gasteiger partial charge on any atom is 0.321 e. The molecule has 1 atom stereocenters. The lowest BCUT2D eigenvalue weighted by atomic mass is 10.1. The molecule has 82 valence electrons. The van der Waals surface area contributed by atoms with Crippen molar-refractivity contribution in [2.24, 2.45) is 0 Å². The number of ether oxygens (including phenoxy) is 1. The molecule has 0 fully saturated rings. The molecular formula is C11H15NO3. The molecule has 2 N–H and O–H groups in total. The largest absolute Gasteiger partial charge is 0.497 e. The first-order valence-corrected chi connectivity index (χ1v) is 4.70. The third kappa shape index (κ3) is 3.25. The van der Waals surface area contributed by atoms with Gasteiger partial charge in [0, 0.05) is 0 Å². The molecule has 15 heavy (non-hydrogen) atoms. The highest BCUT2D eigenvalue weighted by Gasteiger charge is 2.15. The molecule has 1 aromatic rings. The normalized spacial score (nSPS) is 12.1. The Morgan fingerprint density at radius 3 is 2.87 bits per heavy atom. The number of carboxylic acid groups (broad SMARTS) is 1. The average molecular weight is 209 g/mol. The van der Waals surface area contributed by atoms with Gasteiger partial charge in [0.05, 0.1) is 7.11 Å². The lowest BCUT2D eigenvalue weighted by molar-refractivity contribution is -0.139. The number of likely N-dealkylation sites (N-methyl/N-ethyl adjacent to an activating group) is 1. The zero-order chi connectivity index (χ0) is 11.3. The first kappa shape index (κ1) is 11.5. The van der Waals surface area contributed by atoms with Gasteiger partial charge in [-0.2, -0.15) is 0 Å². The van der Waals surface area contributed by atoms with E-state index in [0.717, 1.165) is 11.3 Å². The van der Waals surface area contributed by atoms with E-state index in [0.29, 0.717) is 6.42 Å². The zero-order valence-corrected chi connectivity index (χ0v) is 8.86. The van der Waals surface area contributed by atoms with Gasteiger partial charge in [-0.05, 0) is 31.2 Å². The third-order valence-electron chi connectivity index (χ3n) is 2.22. The van der Waals surface area contributed by atoms with Crippen LogP contribution in [0.3, 0.4) is 0 Å². The second-order valence-electron chi connectivity index (χ2n) is 3.24. The Labute approximate surface area is 88.9 Å². The Bertz CT molecular complexity index is 338. The van der Waals surface area contributed by atoms with E-state index in [1.165, 1.54) is 0 Å². The van der Waals surface area contributed by atoms with Crippen molar-refractivity contribution in [3.05, 3.63) is 29.8 Å². The molecule has 0 saturated heterocycles. The number of hydrogen-bond acceptors (Lipinski definition) is 3. The van der Waals surface area contributed by atoms with Crippen molar-refractivity contribution in [2.75, 3.05) is 14.2 Å². The van der Waals surface area contributed by atoms with Gasteiger partial charge in [0.1, 0.15) is 11.8 Å². The smallest absolute Gasteiger partial charge is 0.321 e. The molecule has 0 aliphatic heterocycles. The molecule has 0 unspecified atom stereocenters. The van der Waals surface area contributed by atoms with Gasteiger partial charge in [-0.15, -0.1) is 0 Å². The molecule has 0 bridgehead atoms. The van der Waals surface area contributed by atoms with Crippen molar-refractivity contribution in [3.63, 3.8) is 0 Å². The van der Waals surface area contributed by atoms with Crippen molar-refractivity contribution < 1.29 is 14.6 Å². The van der Waals surface area contributed by atoms with Gasteiger partial charge in [-0.25, -0.2) is 0 Å². The first-order chi connectivity index (χ1) is 7.17. The lowest BCUT2D eigenvalue weighted by Crippen LogP contribution is -2.35. The maximum atomic E-state index is 10.8. The molecule has 0 amide bonds. The van der Waals surface area contributed by atoms with Crippen molar-refractivity contribution in [1.29, 1.82) is 0 Å². The molecule has 0 saturated carbocycles. The highest BCUT2D eigenvalue weighted by atomic mass is 16.5. The SMILES string of the molecule is CN[C@@H](Cc1cccc(OC)c1)C(=O)O. The van der Waals surface area contributed by atoms with Crippen LogP contribution in [0.15, 0.2) is 24.3 Å². The van der Waals surface area contributed by atoms with Crippen molar-refractivity contribution in [2.45, 2.75) is 12.5 Å². The van der Waals surface area contributed by atoms with Gasteiger partial charge >= 0.3 is 5.97 Å². The molecule has 0 spiro atoms. The molecule has 4 nitrogen and oxygen atoms in total. The van der Waals surface area contributed by atoms with E-state index in [9.17, 15) is 4.79 Å². The van der Waals surface area contributed by atoms with E-state index in [1.807, 2.05) is 24.3 Å². The summed E-state index contributed by atoms with van der Waals surface area (Å²) in [7, 11) is 3.23. The summed E-state index contributed by atoms with van der Waals surface area (Å²) in [5.74, 6) is -0.104. The number of aliphatic carboxylic acids is 1. The standard InChI is InChI=1S/C11H15NO3/c1-12-10(11(13)14)7-8-4-3-5-9(6-8)15-2/h3-6,10,12H,7H2,1-2H3,(H,13,14)/t10-/m0/s1. The Morgan fingerprint density at radius 1 is 1.60 bits per heavy atom. The van der Waals surface area contributed by atoms with Gasteiger partial charge in [0.15, 0.2) is 0 Å². The van der Waals surface area contributed by atoms with Crippen molar-refractivity contribution in [1.82, 2.24) is 5.32 Å². The fourth-order valence-electron chi connectivity index (χ4n) is 1.35. The monoisotopic (exact) mass is 209 g/mol. The number of methoxy groups -OCH3 is 1. The van der Waals surface area contributed by atoms with Crippen LogP contribution >= 0.6 is 0 Å². The summed E-state index contributed by atoms with van der Waals surface area (Å²) in [5.41, 5.74) is 0.941. The van der Waals surface area contributed by atoms with E-state index in [1.54, 1.807) is 14.2 Å². The van der Waals surface area contributed by atoms with Crippen LogP contribution in [0.1, 0.15) is 5.56 Å². The fraction of sp³-hybridized carbons (Fsp3) is 0.364. The summed E-state index contributed by atoms with van der Waals surface area (Å²) in [5, 5.41) is 11.6. The van der Waals surface area contributed by atoms with Crippen molar-refractivity contribution in [3.8, 4) is 5.75 Å². The quantitative estimate of drug-likeness (QED) is 0.756. The lowest BCUT2D eigenvalue weighted by Gasteiger charge is -2.11. The predicted molar refractivity (Wildman–Crippen MR) is 57.2 cm³/mol. The summed E-state index contributed by atoms with van der Waals surface area (Å²) < 4.78 is 5.06. The second kappa shape index (κ2) is 5.36. The van der Waals surface area contributed by atoms with Crippen LogP contribution < -0.4 is 10.1 Å². The summed E-state index contributed by atoms with van der Waals surface area (Å²) >= 11 is 0. The number of carbonyl (C=O) groups is 1. The van der Waals surface area contributed by atoms with Gasteiger partial charge in [-0.1, -0.05) is 12.1 Å². The molecule has 4 heteroatoms. The van der Waals surface area contributed by atoms with E-state index in [-0.39, 0.29) is 0 Å². The number of nitrogens with one attached hydrogen (secondary N) is 1. The third-order valence-corrected chi connectivity index (χ3v) is 2.22. The highest BCUT2D eigenvalue weighted by molar-refractivity contribution is 5.73. The molecular weight excluding hydrogens is 194 g/mol. The number of carboxylic acids is 1. The molecule has 0 radical (unpaired) electrons. The van der Waals surface area contributed by atoms with Crippen LogP contribution in [-0.4, -0.2) is 31.3 Å². The van der Waals surface area contributed by atoms with Crippen LogP contribution in [0.4, 0.5) is 0 Å². The van der Waals surface area contributed by atoms with Crippen molar-refractivity contribution >= 4 is 5.97 Å². The van der Waals surface area contributed by atoms with Gasteiger partial charge < -0.3 is 15.2 Å². The minimum atomic E-state index is -0.847. The minimum Gasteiger partial charge on any atom is -0.497 e. The first-order valence-electron chi connectivity index (χ1n) is 4.70. The number of benzene rings is 1. The summed E-state index contributed by atoms with van der Waals surface area (Å²) in [6.07, 6.45) is 0.447. The van der Waals surface area contributed by atoms with Crippen LogP contribution in [0.25, 0.3) is 0 Å².